The number of nitrogens with zero attached hydrogens (tertiary/aromatic N) is 1. The second-order valence-corrected chi connectivity index (χ2v) is 9.12. The van der Waals surface area contributed by atoms with Crippen LogP contribution in [0.15, 0.2) is 67.0 Å². The zero-order valence-electron chi connectivity index (χ0n) is 19.6. The molecule has 1 aromatic heterocycles. The highest BCUT2D eigenvalue weighted by Gasteiger charge is 2.50. The summed E-state index contributed by atoms with van der Waals surface area (Å²) in [4.78, 5) is 18.2. The second kappa shape index (κ2) is 7.73. The highest BCUT2D eigenvalue weighted by molar-refractivity contribution is 6.12. The lowest BCUT2D eigenvalue weighted by Gasteiger charge is -2.31. The number of hydrogen-bond donors (Lipinski definition) is 3. The van der Waals surface area contributed by atoms with Crippen LogP contribution in [-0.2, 0) is 10.2 Å². The zero-order chi connectivity index (χ0) is 24.2. The lowest BCUT2D eigenvalue weighted by Crippen LogP contribution is -2.37. The number of hydrogen-bond acceptors (Lipinski definition) is 4. The Balaban J connectivity index is 1.83. The van der Waals surface area contributed by atoms with E-state index in [1.807, 2.05) is 82.3 Å². The number of aromatic hydroxyl groups is 2. The molecule has 1 aliphatic rings. The molecular formula is C29H26N2O3. The lowest BCUT2D eigenvalue weighted by atomic mass is 9.68. The summed E-state index contributed by atoms with van der Waals surface area (Å²) < 4.78 is 0. The number of amides is 1. The number of phenolic OH excluding ortho intramolecular Hbond substituents is 2. The van der Waals surface area contributed by atoms with Gasteiger partial charge in [0.05, 0.1) is 0 Å². The number of carbonyl (C=O) groups excluding carboxylic acids is 1. The van der Waals surface area contributed by atoms with E-state index >= 15 is 0 Å². The van der Waals surface area contributed by atoms with Gasteiger partial charge in [-0.15, -0.1) is 0 Å². The van der Waals surface area contributed by atoms with Gasteiger partial charge in [-0.1, -0.05) is 42.5 Å². The van der Waals surface area contributed by atoms with Gasteiger partial charge < -0.3 is 15.5 Å². The number of anilines is 1. The molecule has 0 bridgehead atoms. The van der Waals surface area contributed by atoms with Crippen molar-refractivity contribution in [1.29, 1.82) is 0 Å². The third-order valence-corrected chi connectivity index (χ3v) is 6.86. The molecule has 3 N–H and O–H groups in total. The van der Waals surface area contributed by atoms with Crippen molar-refractivity contribution in [3.63, 3.8) is 0 Å². The van der Waals surface area contributed by atoms with Crippen LogP contribution in [0.25, 0.3) is 11.1 Å². The molecule has 0 aliphatic carbocycles. The summed E-state index contributed by atoms with van der Waals surface area (Å²) in [6.45, 7) is 7.36. The van der Waals surface area contributed by atoms with E-state index in [-0.39, 0.29) is 17.4 Å². The first kappa shape index (κ1) is 21.7. The van der Waals surface area contributed by atoms with Gasteiger partial charge >= 0.3 is 0 Å². The van der Waals surface area contributed by atoms with E-state index in [1.54, 1.807) is 12.4 Å². The fraction of sp³-hybridized carbons (Fsp3) is 0.172. The smallest absolute Gasteiger partial charge is 0.244 e. The fourth-order valence-electron chi connectivity index (χ4n) is 5.11. The normalized spacial score (nSPS) is 14.1. The van der Waals surface area contributed by atoms with Crippen molar-refractivity contribution < 1.29 is 15.0 Å². The zero-order valence-corrected chi connectivity index (χ0v) is 19.6. The first-order valence-electron chi connectivity index (χ1n) is 11.2. The molecule has 0 saturated carbocycles. The van der Waals surface area contributed by atoms with Gasteiger partial charge in [-0.3, -0.25) is 9.78 Å². The average molecular weight is 451 g/mol. The van der Waals surface area contributed by atoms with Crippen LogP contribution in [-0.4, -0.2) is 21.1 Å². The molecule has 1 amide bonds. The van der Waals surface area contributed by atoms with Crippen LogP contribution in [0.3, 0.4) is 0 Å². The van der Waals surface area contributed by atoms with Crippen LogP contribution in [0, 0.1) is 27.7 Å². The molecule has 170 valence electrons. The number of carbonyl (C=O) groups is 1. The Bertz CT molecular complexity index is 1350. The first-order valence-corrected chi connectivity index (χ1v) is 11.2. The van der Waals surface area contributed by atoms with Crippen molar-refractivity contribution in [2.45, 2.75) is 33.1 Å². The maximum absolute atomic E-state index is 14.0. The van der Waals surface area contributed by atoms with Gasteiger partial charge in [-0.2, -0.15) is 0 Å². The van der Waals surface area contributed by atoms with Crippen molar-refractivity contribution in [3.05, 3.63) is 106 Å². The van der Waals surface area contributed by atoms with Crippen molar-refractivity contribution in [2.24, 2.45) is 0 Å². The largest absolute Gasteiger partial charge is 0.507 e. The number of fused-ring (bicyclic) bond motifs is 1. The standard InChI is InChI=1S/C29H26N2O3/c1-16-10-22(11-17(2)26(16)32)29(23-12-18(3)27(33)19(4)13-23)24-8-7-20(14-25(24)31-28(29)34)21-6-5-9-30-15-21/h5-15,32-33H,1-4H3,(H,31,34). The maximum Gasteiger partial charge on any atom is 0.244 e. The molecule has 0 spiro atoms. The van der Waals surface area contributed by atoms with Crippen LogP contribution in [0.4, 0.5) is 5.69 Å². The minimum atomic E-state index is -1.13. The maximum atomic E-state index is 14.0. The van der Waals surface area contributed by atoms with Crippen LogP contribution in [0.5, 0.6) is 11.5 Å². The summed E-state index contributed by atoms with van der Waals surface area (Å²) in [6, 6.07) is 17.4. The third-order valence-electron chi connectivity index (χ3n) is 6.86. The number of phenols is 2. The van der Waals surface area contributed by atoms with Gasteiger partial charge in [0.15, 0.2) is 0 Å². The monoisotopic (exact) mass is 450 g/mol. The molecule has 0 atom stereocenters. The molecule has 0 fully saturated rings. The van der Waals surface area contributed by atoms with E-state index in [0.29, 0.717) is 22.3 Å². The van der Waals surface area contributed by atoms with E-state index in [0.717, 1.165) is 33.5 Å². The quantitative estimate of drug-likeness (QED) is 0.375. The van der Waals surface area contributed by atoms with Crippen LogP contribution < -0.4 is 5.32 Å². The van der Waals surface area contributed by atoms with Crippen LogP contribution >= 0.6 is 0 Å². The van der Waals surface area contributed by atoms with Crippen LogP contribution in [0.2, 0.25) is 0 Å². The number of rotatable bonds is 3. The van der Waals surface area contributed by atoms with Gasteiger partial charge in [0.25, 0.3) is 0 Å². The molecule has 2 heterocycles. The fourth-order valence-corrected chi connectivity index (χ4v) is 5.11. The summed E-state index contributed by atoms with van der Waals surface area (Å²) in [5.74, 6) is 0.282. The minimum absolute atomic E-state index is 0.167. The number of benzene rings is 3. The topological polar surface area (TPSA) is 82.5 Å². The highest BCUT2D eigenvalue weighted by Crippen LogP contribution is 2.50. The summed E-state index contributed by atoms with van der Waals surface area (Å²) in [5, 5.41) is 24.0. The van der Waals surface area contributed by atoms with Gasteiger partial charge in [0.1, 0.15) is 16.9 Å². The second-order valence-electron chi connectivity index (χ2n) is 9.12. The molecule has 5 heteroatoms. The Morgan fingerprint density at radius 3 is 1.82 bits per heavy atom. The predicted octanol–water partition coefficient (Wildman–Crippen LogP) is 5.68. The molecular weight excluding hydrogens is 424 g/mol. The Morgan fingerprint density at radius 2 is 1.32 bits per heavy atom. The lowest BCUT2D eigenvalue weighted by molar-refractivity contribution is -0.118. The van der Waals surface area contributed by atoms with Gasteiger partial charge in [0, 0.05) is 29.2 Å². The number of pyridine rings is 1. The molecule has 5 nitrogen and oxygen atoms in total. The number of aryl methyl sites for hydroxylation is 4. The molecule has 0 saturated heterocycles. The molecule has 0 radical (unpaired) electrons. The van der Waals surface area contributed by atoms with E-state index in [2.05, 4.69) is 10.3 Å². The summed E-state index contributed by atoms with van der Waals surface area (Å²) >= 11 is 0. The van der Waals surface area contributed by atoms with E-state index in [1.165, 1.54) is 0 Å². The molecule has 34 heavy (non-hydrogen) atoms. The minimum Gasteiger partial charge on any atom is -0.507 e. The molecule has 1 aliphatic heterocycles. The van der Waals surface area contributed by atoms with E-state index in [4.69, 9.17) is 0 Å². The number of nitrogens with one attached hydrogen (secondary N) is 1. The number of aromatic nitrogens is 1. The van der Waals surface area contributed by atoms with Crippen molar-refractivity contribution >= 4 is 11.6 Å². The van der Waals surface area contributed by atoms with Gasteiger partial charge in [-0.25, -0.2) is 0 Å². The van der Waals surface area contributed by atoms with Crippen molar-refractivity contribution in [2.75, 3.05) is 5.32 Å². The van der Waals surface area contributed by atoms with Gasteiger partial charge in [0.2, 0.25) is 5.91 Å². The van der Waals surface area contributed by atoms with E-state index < -0.39 is 5.41 Å². The average Bonchev–Trinajstić information content (AvgIpc) is 3.12. The summed E-state index contributed by atoms with van der Waals surface area (Å²) in [5.41, 5.74) is 6.72. The predicted molar refractivity (Wildman–Crippen MR) is 133 cm³/mol. The SMILES string of the molecule is Cc1cc(C2(c3cc(C)c(O)c(C)c3)C(=O)Nc3cc(-c4cccnc4)ccc32)cc(C)c1O. The first-order chi connectivity index (χ1) is 16.2. The molecule has 5 rings (SSSR count). The molecule has 4 aromatic rings. The highest BCUT2D eigenvalue weighted by atomic mass is 16.3. The Kier molecular flexibility index (Phi) is 4.94. The van der Waals surface area contributed by atoms with Crippen molar-refractivity contribution in [3.8, 4) is 22.6 Å². The van der Waals surface area contributed by atoms with Crippen LogP contribution in [0.1, 0.15) is 38.9 Å². The molecule has 3 aromatic carbocycles. The summed E-state index contributed by atoms with van der Waals surface area (Å²) in [7, 11) is 0. The van der Waals surface area contributed by atoms with Gasteiger partial charge in [-0.05, 0) is 78.8 Å². The summed E-state index contributed by atoms with van der Waals surface area (Å²) in [6.07, 6.45) is 3.53. The Labute approximate surface area is 198 Å². The van der Waals surface area contributed by atoms with E-state index in [9.17, 15) is 15.0 Å². The third kappa shape index (κ3) is 3.08. The Hall–Kier alpha value is -4.12. The Morgan fingerprint density at radius 1 is 0.765 bits per heavy atom. The van der Waals surface area contributed by atoms with Crippen molar-refractivity contribution in [1.82, 2.24) is 4.98 Å². The molecule has 0 unspecified atom stereocenters.